The van der Waals surface area contributed by atoms with E-state index in [1.165, 1.54) is 6.07 Å². The van der Waals surface area contributed by atoms with Crippen LogP contribution in [0.15, 0.2) is 46.9 Å². The van der Waals surface area contributed by atoms with Crippen LogP contribution >= 0.6 is 15.9 Å². The third-order valence-electron chi connectivity index (χ3n) is 3.09. The Morgan fingerprint density at radius 1 is 1.20 bits per heavy atom. The Morgan fingerprint density at radius 2 is 1.95 bits per heavy atom. The van der Waals surface area contributed by atoms with Gasteiger partial charge < -0.3 is 10.1 Å². The van der Waals surface area contributed by atoms with Crippen molar-refractivity contribution in [3.05, 3.63) is 63.9 Å². The Bertz CT molecular complexity index is 588. The van der Waals surface area contributed by atoms with E-state index in [4.69, 9.17) is 4.74 Å². The third kappa shape index (κ3) is 3.19. The highest BCUT2D eigenvalue weighted by atomic mass is 79.9. The van der Waals surface area contributed by atoms with Crippen LogP contribution in [0.2, 0.25) is 0 Å². The molecule has 4 heteroatoms. The number of ether oxygens (including phenoxy) is 1. The molecule has 0 aromatic heterocycles. The highest BCUT2D eigenvalue weighted by molar-refractivity contribution is 9.10. The van der Waals surface area contributed by atoms with Gasteiger partial charge in [0, 0.05) is 15.6 Å². The molecule has 0 saturated heterocycles. The van der Waals surface area contributed by atoms with Crippen LogP contribution in [0.5, 0.6) is 5.75 Å². The first-order chi connectivity index (χ1) is 9.67. The lowest BCUT2D eigenvalue weighted by Crippen LogP contribution is -2.20. The van der Waals surface area contributed by atoms with Gasteiger partial charge in [-0.1, -0.05) is 34.1 Å². The molecule has 0 amide bonds. The molecule has 1 unspecified atom stereocenters. The molecular formula is C16H17BrFNO. The van der Waals surface area contributed by atoms with Crippen molar-refractivity contribution in [2.24, 2.45) is 0 Å². The first kappa shape index (κ1) is 15.0. The highest BCUT2D eigenvalue weighted by Gasteiger charge is 2.20. The fraction of sp³-hybridized carbons (Fsp3) is 0.250. The minimum absolute atomic E-state index is 0.228. The Labute approximate surface area is 127 Å². The standard InChI is InChI=1S/C16H17BrFNO/c1-3-20-15-9-8-11(17)10-13(15)16(19-2)12-6-4-5-7-14(12)18/h4-10,16,19H,3H2,1-2H3. The predicted octanol–water partition coefficient (Wildman–Crippen LogP) is 4.30. The molecule has 0 aliphatic carbocycles. The van der Waals surface area contributed by atoms with Crippen molar-refractivity contribution in [1.29, 1.82) is 0 Å². The van der Waals surface area contributed by atoms with E-state index in [2.05, 4.69) is 21.2 Å². The van der Waals surface area contributed by atoms with Gasteiger partial charge in [-0.25, -0.2) is 4.39 Å². The maximum atomic E-state index is 14.0. The molecule has 1 N–H and O–H groups in total. The molecule has 20 heavy (non-hydrogen) atoms. The lowest BCUT2D eigenvalue weighted by molar-refractivity contribution is 0.333. The van der Waals surface area contributed by atoms with Gasteiger partial charge in [-0.2, -0.15) is 0 Å². The number of rotatable bonds is 5. The van der Waals surface area contributed by atoms with Crippen LogP contribution in [0.3, 0.4) is 0 Å². The van der Waals surface area contributed by atoms with E-state index in [0.717, 1.165) is 15.8 Å². The van der Waals surface area contributed by atoms with Crippen molar-refractivity contribution in [2.45, 2.75) is 13.0 Å². The molecule has 1 atom stereocenters. The van der Waals surface area contributed by atoms with Crippen LogP contribution in [0.4, 0.5) is 4.39 Å². The molecule has 2 nitrogen and oxygen atoms in total. The minimum atomic E-state index is -0.254. The maximum Gasteiger partial charge on any atom is 0.128 e. The predicted molar refractivity (Wildman–Crippen MR) is 82.6 cm³/mol. The van der Waals surface area contributed by atoms with Gasteiger partial charge in [-0.15, -0.1) is 0 Å². The summed E-state index contributed by atoms with van der Waals surface area (Å²) in [5, 5.41) is 3.16. The SMILES string of the molecule is CCOc1ccc(Br)cc1C(NC)c1ccccc1F. The molecule has 0 radical (unpaired) electrons. The Hall–Kier alpha value is -1.39. The zero-order chi connectivity index (χ0) is 14.5. The molecule has 0 bridgehead atoms. The molecule has 0 spiro atoms. The molecule has 2 rings (SSSR count). The highest BCUT2D eigenvalue weighted by Crippen LogP contribution is 2.33. The van der Waals surface area contributed by atoms with E-state index in [1.54, 1.807) is 12.1 Å². The Balaban J connectivity index is 2.51. The summed E-state index contributed by atoms with van der Waals surface area (Å²) >= 11 is 3.46. The quantitative estimate of drug-likeness (QED) is 0.878. The number of hydrogen-bond donors (Lipinski definition) is 1. The number of nitrogens with one attached hydrogen (secondary N) is 1. The monoisotopic (exact) mass is 337 g/mol. The van der Waals surface area contributed by atoms with Crippen molar-refractivity contribution in [1.82, 2.24) is 5.32 Å². The van der Waals surface area contributed by atoms with Crippen molar-refractivity contribution in [2.75, 3.05) is 13.7 Å². The van der Waals surface area contributed by atoms with Gasteiger partial charge in [-0.3, -0.25) is 0 Å². The molecule has 0 fully saturated rings. The summed E-state index contributed by atoms with van der Waals surface area (Å²) in [5.74, 6) is 0.535. The third-order valence-corrected chi connectivity index (χ3v) is 3.58. The van der Waals surface area contributed by atoms with Gasteiger partial charge in [0.1, 0.15) is 11.6 Å². The Morgan fingerprint density at radius 3 is 2.60 bits per heavy atom. The topological polar surface area (TPSA) is 21.3 Å². The molecular weight excluding hydrogens is 321 g/mol. The molecule has 2 aromatic rings. The van der Waals surface area contributed by atoms with Gasteiger partial charge in [0.25, 0.3) is 0 Å². The molecule has 0 aliphatic heterocycles. The van der Waals surface area contributed by atoms with Crippen molar-refractivity contribution in [3.63, 3.8) is 0 Å². The van der Waals surface area contributed by atoms with Crippen LogP contribution in [0.1, 0.15) is 24.1 Å². The second kappa shape index (κ2) is 6.86. The summed E-state index contributed by atoms with van der Waals surface area (Å²) < 4.78 is 20.6. The van der Waals surface area contributed by atoms with E-state index in [9.17, 15) is 4.39 Å². The minimum Gasteiger partial charge on any atom is -0.494 e. The fourth-order valence-corrected chi connectivity index (χ4v) is 2.60. The smallest absolute Gasteiger partial charge is 0.128 e. The van der Waals surface area contributed by atoms with Gasteiger partial charge in [-0.05, 0) is 38.2 Å². The van der Waals surface area contributed by atoms with Gasteiger partial charge >= 0.3 is 0 Å². The Kier molecular flexibility index (Phi) is 5.15. The molecule has 106 valence electrons. The first-order valence-corrected chi connectivity index (χ1v) is 7.30. The van der Waals surface area contributed by atoms with Crippen LogP contribution in [-0.2, 0) is 0 Å². The van der Waals surface area contributed by atoms with Gasteiger partial charge in [0.15, 0.2) is 0 Å². The average Bonchev–Trinajstić information content (AvgIpc) is 2.44. The lowest BCUT2D eigenvalue weighted by Gasteiger charge is -2.21. The molecule has 2 aromatic carbocycles. The molecule has 0 saturated carbocycles. The van der Waals surface area contributed by atoms with E-state index < -0.39 is 0 Å². The number of benzene rings is 2. The molecule has 0 heterocycles. The van der Waals surface area contributed by atoms with Gasteiger partial charge in [0.05, 0.1) is 12.6 Å². The summed E-state index contributed by atoms with van der Waals surface area (Å²) in [4.78, 5) is 0. The van der Waals surface area contributed by atoms with Crippen molar-refractivity contribution >= 4 is 15.9 Å². The second-order valence-electron chi connectivity index (χ2n) is 4.36. The summed E-state index contributed by atoms with van der Waals surface area (Å²) in [6, 6.07) is 12.3. The maximum absolute atomic E-state index is 14.0. The first-order valence-electron chi connectivity index (χ1n) is 6.51. The van der Waals surface area contributed by atoms with E-state index >= 15 is 0 Å². The zero-order valence-corrected chi connectivity index (χ0v) is 13.1. The second-order valence-corrected chi connectivity index (χ2v) is 5.27. The largest absolute Gasteiger partial charge is 0.494 e. The van der Waals surface area contributed by atoms with E-state index in [1.807, 2.05) is 38.2 Å². The van der Waals surface area contributed by atoms with Crippen LogP contribution in [0.25, 0.3) is 0 Å². The van der Waals surface area contributed by atoms with Crippen LogP contribution in [-0.4, -0.2) is 13.7 Å². The van der Waals surface area contributed by atoms with Crippen LogP contribution < -0.4 is 10.1 Å². The van der Waals surface area contributed by atoms with Crippen molar-refractivity contribution in [3.8, 4) is 5.75 Å². The number of hydrogen-bond acceptors (Lipinski definition) is 2. The molecule has 0 aliphatic rings. The summed E-state index contributed by atoms with van der Waals surface area (Å²) in [6.45, 7) is 2.51. The van der Waals surface area contributed by atoms with Crippen LogP contribution in [0, 0.1) is 5.82 Å². The van der Waals surface area contributed by atoms with E-state index in [-0.39, 0.29) is 11.9 Å². The summed E-state index contributed by atoms with van der Waals surface area (Å²) in [7, 11) is 1.81. The lowest BCUT2D eigenvalue weighted by atomic mass is 9.97. The van der Waals surface area contributed by atoms with Crippen molar-refractivity contribution < 1.29 is 9.13 Å². The fourth-order valence-electron chi connectivity index (χ4n) is 2.22. The van der Waals surface area contributed by atoms with E-state index in [0.29, 0.717) is 12.2 Å². The summed E-state index contributed by atoms with van der Waals surface area (Å²) in [5.41, 5.74) is 1.52. The normalized spacial score (nSPS) is 12.2. The zero-order valence-electron chi connectivity index (χ0n) is 11.5. The average molecular weight is 338 g/mol. The number of halogens is 2. The van der Waals surface area contributed by atoms with Gasteiger partial charge in [0.2, 0.25) is 0 Å². The summed E-state index contributed by atoms with van der Waals surface area (Å²) in [6.07, 6.45) is 0.